The molecule has 2 rings (SSSR count). The van der Waals surface area contributed by atoms with Crippen LogP contribution in [0, 0.1) is 23.4 Å². The number of nitrogens with one attached hydrogen (secondary N) is 1. The molecule has 1 aliphatic heterocycles. The Labute approximate surface area is 103 Å². The second kappa shape index (κ2) is 5.27. The minimum absolute atomic E-state index is 0.0677. The smallest absolute Gasteiger partial charge is 0.180 e. The van der Waals surface area contributed by atoms with Crippen molar-refractivity contribution < 1.29 is 13.2 Å². The molecule has 1 aromatic carbocycles. The number of benzene rings is 1. The maximum absolute atomic E-state index is 13.6. The number of hydrogen-bond acceptors (Lipinski definition) is 1. The molecular weight excluding hydrogens is 251 g/mol. The second-order valence-corrected chi connectivity index (χ2v) is 4.75. The number of piperidine rings is 1. The molecular formula is C12H13ClF3N. The number of hydrogen-bond donors (Lipinski definition) is 1. The van der Waals surface area contributed by atoms with Gasteiger partial charge < -0.3 is 5.32 Å². The van der Waals surface area contributed by atoms with E-state index in [1.54, 1.807) is 0 Å². The quantitative estimate of drug-likeness (QED) is 0.638. The Morgan fingerprint density at radius 1 is 1.29 bits per heavy atom. The van der Waals surface area contributed by atoms with Crippen LogP contribution < -0.4 is 5.32 Å². The van der Waals surface area contributed by atoms with Crippen molar-refractivity contribution in [1.82, 2.24) is 5.32 Å². The highest BCUT2D eigenvalue weighted by atomic mass is 35.5. The first-order valence-corrected chi connectivity index (χ1v) is 6.00. The summed E-state index contributed by atoms with van der Waals surface area (Å²) in [4.78, 5) is 0. The van der Waals surface area contributed by atoms with E-state index in [0.29, 0.717) is 6.42 Å². The van der Waals surface area contributed by atoms with Crippen molar-refractivity contribution >= 4 is 11.6 Å². The molecule has 0 spiro atoms. The van der Waals surface area contributed by atoms with Gasteiger partial charge in [0.1, 0.15) is 10.8 Å². The molecule has 17 heavy (non-hydrogen) atoms. The van der Waals surface area contributed by atoms with Gasteiger partial charge in [-0.15, -0.1) is 0 Å². The van der Waals surface area contributed by atoms with Crippen molar-refractivity contribution in [3.05, 3.63) is 34.1 Å². The third-order valence-corrected chi connectivity index (χ3v) is 3.43. The van der Waals surface area contributed by atoms with E-state index < -0.39 is 22.5 Å². The summed E-state index contributed by atoms with van der Waals surface area (Å²) < 4.78 is 40.0. The molecule has 94 valence electrons. The van der Waals surface area contributed by atoms with Crippen LogP contribution in [-0.2, 0) is 6.42 Å². The zero-order chi connectivity index (χ0) is 12.4. The van der Waals surface area contributed by atoms with E-state index in [0.717, 1.165) is 32.0 Å². The first kappa shape index (κ1) is 12.7. The molecule has 1 atom stereocenters. The minimum atomic E-state index is -1.29. The Bertz CT molecular complexity index is 417. The zero-order valence-electron chi connectivity index (χ0n) is 9.20. The molecule has 5 heteroatoms. The summed E-state index contributed by atoms with van der Waals surface area (Å²) >= 11 is 5.30. The van der Waals surface area contributed by atoms with Crippen LogP contribution in [0.5, 0.6) is 0 Å². The van der Waals surface area contributed by atoms with Crippen molar-refractivity contribution in [2.45, 2.75) is 19.3 Å². The van der Waals surface area contributed by atoms with Crippen LogP contribution in [0.4, 0.5) is 13.2 Å². The summed E-state index contributed by atoms with van der Waals surface area (Å²) in [6, 6.07) is 0.995. The predicted molar refractivity (Wildman–Crippen MR) is 60.6 cm³/mol. The van der Waals surface area contributed by atoms with Crippen molar-refractivity contribution in [2.75, 3.05) is 13.1 Å². The van der Waals surface area contributed by atoms with Gasteiger partial charge in [0.05, 0.1) is 0 Å². The van der Waals surface area contributed by atoms with E-state index in [-0.39, 0.29) is 11.5 Å². The van der Waals surface area contributed by atoms with Gasteiger partial charge in [0.25, 0.3) is 0 Å². The Hall–Kier alpha value is -0.740. The van der Waals surface area contributed by atoms with E-state index >= 15 is 0 Å². The lowest BCUT2D eigenvalue weighted by Gasteiger charge is -2.23. The second-order valence-electron chi connectivity index (χ2n) is 4.38. The zero-order valence-corrected chi connectivity index (χ0v) is 9.96. The molecule has 0 amide bonds. The van der Waals surface area contributed by atoms with Crippen molar-refractivity contribution in [3.8, 4) is 0 Å². The summed E-state index contributed by atoms with van der Waals surface area (Å²) in [5, 5.41) is 2.41. The molecule has 0 radical (unpaired) electrons. The third-order valence-electron chi connectivity index (χ3n) is 3.09. The van der Waals surface area contributed by atoms with Crippen LogP contribution in [0.3, 0.4) is 0 Å². The molecule has 1 aliphatic rings. The lowest BCUT2D eigenvalue weighted by Crippen LogP contribution is -2.31. The van der Waals surface area contributed by atoms with Gasteiger partial charge in [-0.05, 0) is 49.9 Å². The van der Waals surface area contributed by atoms with E-state index in [1.165, 1.54) is 0 Å². The predicted octanol–water partition coefficient (Wildman–Crippen LogP) is 3.30. The molecule has 0 aliphatic carbocycles. The van der Waals surface area contributed by atoms with Gasteiger partial charge in [-0.25, -0.2) is 13.2 Å². The summed E-state index contributed by atoms with van der Waals surface area (Å²) in [5.41, 5.74) is 0.0677. The van der Waals surface area contributed by atoms with Crippen LogP contribution in [-0.4, -0.2) is 13.1 Å². The van der Waals surface area contributed by atoms with Crippen molar-refractivity contribution in [2.24, 2.45) is 5.92 Å². The first-order valence-electron chi connectivity index (χ1n) is 5.62. The average Bonchev–Trinajstić information content (AvgIpc) is 2.35. The molecule has 1 unspecified atom stereocenters. The highest BCUT2D eigenvalue weighted by Gasteiger charge is 2.21. The highest BCUT2D eigenvalue weighted by Crippen LogP contribution is 2.27. The van der Waals surface area contributed by atoms with Crippen LogP contribution >= 0.6 is 11.6 Å². The Kier molecular flexibility index (Phi) is 3.94. The summed E-state index contributed by atoms with van der Waals surface area (Å²) in [7, 11) is 0. The minimum Gasteiger partial charge on any atom is -0.316 e. The van der Waals surface area contributed by atoms with Gasteiger partial charge in [0.2, 0.25) is 0 Å². The maximum Gasteiger partial charge on any atom is 0.180 e. The lowest BCUT2D eigenvalue weighted by atomic mass is 9.92. The van der Waals surface area contributed by atoms with Crippen molar-refractivity contribution in [3.63, 3.8) is 0 Å². The molecule has 1 heterocycles. The molecule has 1 nitrogen and oxygen atoms in total. The molecule has 0 bridgehead atoms. The van der Waals surface area contributed by atoms with Gasteiger partial charge in [-0.3, -0.25) is 0 Å². The first-order chi connectivity index (χ1) is 8.09. The topological polar surface area (TPSA) is 12.0 Å². The van der Waals surface area contributed by atoms with Gasteiger partial charge in [0.15, 0.2) is 11.6 Å². The molecule has 0 saturated carbocycles. The van der Waals surface area contributed by atoms with Crippen LogP contribution in [0.15, 0.2) is 6.07 Å². The fourth-order valence-electron chi connectivity index (χ4n) is 2.18. The average molecular weight is 264 g/mol. The SMILES string of the molecule is Fc1cc(CC2CCCNC2)c(F)c(F)c1Cl. The number of halogens is 4. The van der Waals surface area contributed by atoms with E-state index in [2.05, 4.69) is 5.32 Å². The molecule has 1 saturated heterocycles. The molecule has 1 N–H and O–H groups in total. The molecule has 0 aromatic heterocycles. The Morgan fingerprint density at radius 2 is 2.06 bits per heavy atom. The van der Waals surface area contributed by atoms with E-state index in [1.807, 2.05) is 0 Å². The summed E-state index contributed by atoms with van der Waals surface area (Å²) in [5.74, 6) is -2.99. The Morgan fingerprint density at radius 3 is 2.71 bits per heavy atom. The fraction of sp³-hybridized carbons (Fsp3) is 0.500. The van der Waals surface area contributed by atoms with Gasteiger partial charge >= 0.3 is 0 Å². The highest BCUT2D eigenvalue weighted by molar-refractivity contribution is 6.30. The third kappa shape index (κ3) is 2.75. The Balaban J connectivity index is 2.20. The van der Waals surface area contributed by atoms with Crippen LogP contribution in [0.25, 0.3) is 0 Å². The maximum atomic E-state index is 13.6. The van der Waals surface area contributed by atoms with Gasteiger partial charge in [0, 0.05) is 0 Å². The monoisotopic (exact) mass is 263 g/mol. The fourth-order valence-corrected chi connectivity index (χ4v) is 2.32. The lowest BCUT2D eigenvalue weighted by molar-refractivity contribution is 0.368. The standard InChI is InChI=1S/C12H13ClF3N/c13-10-9(14)5-8(11(15)12(10)16)4-7-2-1-3-17-6-7/h5,7,17H,1-4,6H2. The van der Waals surface area contributed by atoms with Gasteiger partial charge in [-0.2, -0.15) is 0 Å². The van der Waals surface area contributed by atoms with Crippen molar-refractivity contribution in [1.29, 1.82) is 0 Å². The van der Waals surface area contributed by atoms with E-state index in [9.17, 15) is 13.2 Å². The summed E-state index contributed by atoms with van der Waals surface area (Å²) in [6.45, 7) is 1.70. The molecule has 1 fully saturated rings. The van der Waals surface area contributed by atoms with E-state index in [4.69, 9.17) is 11.6 Å². The van der Waals surface area contributed by atoms with Crippen LogP contribution in [0.1, 0.15) is 18.4 Å². The van der Waals surface area contributed by atoms with Gasteiger partial charge in [-0.1, -0.05) is 11.6 Å². The normalized spacial score (nSPS) is 20.6. The summed E-state index contributed by atoms with van der Waals surface area (Å²) in [6.07, 6.45) is 2.28. The van der Waals surface area contributed by atoms with Crippen LogP contribution in [0.2, 0.25) is 5.02 Å². The molecule has 1 aromatic rings. The number of rotatable bonds is 2. The largest absolute Gasteiger partial charge is 0.316 e.